The van der Waals surface area contributed by atoms with Gasteiger partial charge in [0.1, 0.15) is 13.7 Å². The van der Waals surface area contributed by atoms with Gasteiger partial charge in [0.15, 0.2) is 0 Å². The number of aromatic nitrogens is 1. The highest BCUT2D eigenvalue weighted by atomic mass is 79.9. The van der Waals surface area contributed by atoms with E-state index in [0.717, 1.165) is 0 Å². The van der Waals surface area contributed by atoms with Crippen LogP contribution in [0.3, 0.4) is 0 Å². The van der Waals surface area contributed by atoms with E-state index in [9.17, 15) is 13.2 Å². The second kappa shape index (κ2) is 5.51. The Morgan fingerprint density at radius 2 is 2.20 bits per heavy atom. The van der Waals surface area contributed by atoms with Gasteiger partial charge >= 0.3 is 5.97 Å². The van der Waals surface area contributed by atoms with E-state index < -0.39 is 16.0 Å². The van der Waals surface area contributed by atoms with E-state index in [2.05, 4.69) is 25.6 Å². The molecule has 0 radical (unpaired) electrons. The molecule has 0 aliphatic carbocycles. The van der Waals surface area contributed by atoms with E-state index in [4.69, 9.17) is 5.11 Å². The fourth-order valence-corrected chi connectivity index (χ4v) is 4.38. The minimum Gasteiger partial charge on any atom is -0.477 e. The fourth-order valence-electron chi connectivity index (χ4n) is 1.45. The number of halogens is 1. The van der Waals surface area contributed by atoms with Gasteiger partial charge in [-0.05, 0) is 46.6 Å². The number of aryl methyl sites for hydroxylation is 1. The monoisotopic (exact) mass is 376 g/mol. The number of pyridine rings is 1. The van der Waals surface area contributed by atoms with Crippen LogP contribution < -0.4 is 4.72 Å². The number of sulfonamides is 1. The summed E-state index contributed by atoms with van der Waals surface area (Å²) >= 11 is 3.85. The smallest absolute Gasteiger partial charge is 0.346 e. The molecule has 0 fully saturated rings. The molecule has 2 N–H and O–H groups in total. The first-order valence-corrected chi connectivity index (χ1v) is 8.37. The molecule has 2 aromatic heterocycles. The number of aromatic carboxylic acids is 1. The van der Waals surface area contributed by atoms with Crippen molar-refractivity contribution in [3.63, 3.8) is 0 Å². The normalized spacial score (nSPS) is 11.3. The number of thiophene rings is 1. The molecule has 106 valence electrons. The summed E-state index contributed by atoms with van der Waals surface area (Å²) in [7, 11) is -3.84. The van der Waals surface area contributed by atoms with Gasteiger partial charge in [0.2, 0.25) is 0 Å². The Bertz CT molecular complexity index is 770. The predicted octanol–water partition coefficient (Wildman–Crippen LogP) is 2.71. The van der Waals surface area contributed by atoms with Gasteiger partial charge in [-0.2, -0.15) is 0 Å². The topological polar surface area (TPSA) is 96.4 Å². The van der Waals surface area contributed by atoms with Crippen LogP contribution in [0.1, 0.15) is 15.2 Å². The Hall–Kier alpha value is -1.45. The van der Waals surface area contributed by atoms with Crippen LogP contribution in [-0.4, -0.2) is 24.5 Å². The molecule has 2 rings (SSSR count). The molecule has 0 saturated carbocycles. The molecule has 20 heavy (non-hydrogen) atoms. The molecule has 0 bridgehead atoms. The minimum absolute atomic E-state index is 0.00984. The maximum atomic E-state index is 12.2. The van der Waals surface area contributed by atoms with Crippen LogP contribution in [0.25, 0.3) is 0 Å². The maximum absolute atomic E-state index is 12.2. The lowest BCUT2D eigenvalue weighted by atomic mass is 10.3. The molecule has 0 aliphatic rings. The van der Waals surface area contributed by atoms with Crippen molar-refractivity contribution in [1.29, 1.82) is 0 Å². The Morgan fingerprint density at radius 1 is 1.50 bits per heavy atom. The Morgan fingerprint density at radius 3 is 2.75 bits per heavy atom. The van der Waals surface area contributed by atoms with Crippen molar-refractivity contribution in [2.24, 2.45) is 0 Å². The summed E-state index contributed by atoms with van der Waals surface area (Å²) in [6.07, 6.45) is 1.51. The zero-order chi connectivity index (χ0) is 14.9. The maximum Gasteiger partial charge on any atom is 0.346 e. The van der Waals surface area contributed by atoms with E-state index in [1.807, 2.05) is 0 Å². The van der Waals surface area contributed by atoms with Gasteiger partial charge in [-0.3, -0.25) is 4.72 Å². The van der Waals surface area contributed by atoms with Crippen LogP contribution >= 0.6 is 27.3 Å². The second-order valence-electron chi connectivity index (χ2n) is 3.83. The van der Waals surface area contributed by atoms with Gasteiger partial charge in [-0.15, -0.1) is 11.3 Å². The highest BCUT2D eigenvalue weighted by molar-refractivity contribution is 9.10. The number of hydrogen-bond acceptors (Lipinski definition) is 5. The van der Waals surface area contributed by atoms with E-state index in [0.29, 0.717) is 21.5 Å². The standard InChI is InChI=1S/C11H9BrN2O4S2/c1-6-5-8(19-9(6)11(15)16)20(17,18)14-7-3-2-4-13-10(7)12/h2-5,14H,1H3,(H,15,16). The zero-order valence-electron chi connectivity index (χ0n) is 10.1. The molecule has 2 aromatic rings. The predicted molar refractivity (Wildman–Crippen MR) is 78.8 cm³/mol. The molecule has 0 unspecified atom stereocenters. The average Bonchev–Trinajstić information content (AvgIpc) is 2.75. The SMILES string of the molecule is Cc1cc(S(=O)(=O)Nc2cccnc2Br)sc1C(=O)O. The molecular formula is C11H9BrN2O4S2. The lowest BCUT2D eigenvalue weighted by molar-refractivity contribution is 0.0701. The number of nitrogens with one attached hydrogen (secondary N) is 1. The highest BCUT2D eigenvalue weighted by Crippen LogP contribution is 2.29. The van der Waals surface area contributed by atoms with Crippen LogP contribution in [0.15, 0.2) is 33.2 Å². The number of carbonyl (C=O) groups is 1. The molecule has 6 nitrogen and oxygen atoms in total. The summed E-state index contributed by atoms with van der Waals surface area (Å²) in [6.45, 7) is 1.55. The van der Waals surface area contributed by atoms with Crippen molar-refractivity contribution < 1.29 is 18.3 Å². The summed E-state index contributed by atoms with van der Waals surface area (Å²) < 4.78 is 27.1. The summed E-state index contributed by atoms with van der Waals surface area (Å²) in [5.74, 6) is -1.14. The van der Waals surface area contributed by atoms with Crippen molar-refractivity contribution in [2.45, 2.75) is 11.1 Å². The van der Waals surface area contributed by atoms with Crippen molar-refractivity contribution >= 4 is 48.9 Å². The number of anilines is 1. The van der Waals surface area contributed by atoms with Crippen LogP contribution in [0.4, 0.5) is 5.69 Å². The zero-order valence-corrected chi connectivity index (χ0v) is 13.3. The van der Waals surface area contributed by atoms with Crippen molar-refractivity contribution in [3.8, 4) is 0 Å². The summed E-state index contributed by atoms with van der Waals surface area (Å²) in [5.41, 5.74) is 0.698. The molecule has 0 spiro atoms. The highest BCUT2D eigenvalue weighted by Gasteiger charge is 2.22. The lowest BCUT2D eigenvalue weighted by Crippen LogP contribution is -2.12. The Balaban J connectivity index is 2.39. The Kier molecular flexibility index (Phi) is 4.11. The molecule has 0 aromatic carbocycles. The third-order valence-corrected chi connectivity index (χ3v) is 6.05. The minimum atomic E-state index is -3.84. The molecule has 2 heterocycles. The van der Waals surface area contributed by atoms with Crippen LogP contribution in [-0.2, 0) is 10.0 Å². The molecule has 0 amide bonds. The van der Waals surface area contributed by atoms with Crippen LogP contribution in [0, 0.1) is 6.92 Å². The summed E-state index contributed by atoms with van der Waals surface area (Å²) in [6, 6.07) is 4.47. The number of carboxylic acid groups (broad SMARTS) is 1. The Labute approximate surface area is 127 Å². The van der Waals surface area contributed by atoms with E-state index in [1.54, 1.807) is 19.1 Å². The van der Waals surface area contributed by atoms with Crippen molar-refractivity contribution in [2.75, 3.05) is 4.72 Å². The summed E-state index contributed by atoms with van der Waals surface area (Å²) in [5, 5.41) is 8.96. The average molecular weight is 377 g/mol. The van der Waals surface area contributed by atoms with Gasteiger partial charge in [-0.1, -0.05) is 0 Å². The fraction of sp³-hybridized carbons (Fsp3) is 0.0909. The van der Waals surface area contributed by atoms with Gasteiger partial charge in [0.05, 0.1) is 5.69 Å². The first-order valence-electron chi connectivity index (χ1n) is 5.28. The number of rotatable bonds is 4. The van der Waals surface area contributed by atoms with Gasteiger partial charge in [0.25, 0.3) is 10.0 Å². The number of hydrogen-bond donors (Lipinski definition) is 2. The van der Waals surface area contributed by atoms with Crippen LogP contribution in [0.5, 0.6) is 0 Å². The molecule has 0 aliphatic heterocycles. The lowest BCUT2D eigenvalue weighted by Gasteiger charge is -2.06. The van der Waals surface area contributed by atoms with Gasteiger partial charge in [-0.25, -0.2) is 18.2 Å². The third kappa shape index (κ3) is 3.00. The first-order chi connectivity index (χ1) is 9.31. The molecule has 9 heteroatoms. The van der Waals surface area contributed by atoms with E-state index in [1.165, 1.54) is 12.3 Å². The first kappa shape index (κ1) is 14.9. The van der Waals surface area contributed by atoms with E-state index >= 15 is 0 Å². The van der Waals surface area contributed by atoms with Gasteiger partial charge < -0.3 is 5.11 Å². The third-order valence-electron chi connectivity index (χ3n) is 2.36. The van der Waals surface area contributed by atoms with Crippen molar-refractivity contribution in [1.82, 2.24) is 4.98 Å². The van der Waals surface area contributed by atoms with Crippen LogP contribution in [0.2, 0.25) is 0 Å². The van der Waals surface area contributed by atoms with E-state index in [-0.39, 0.29) is 14.8 Å². The number of carboxylic acids is 1. The second-order valence-corrected chi connectivity index (χ2v) is 7.54. The molecule has 0 saturated heterocycles. The number of nitrogens with zero attached hydrogens (tertiary/aromatic N) is 1. The van der Waals surface area contributed by atoms with Gasteiger partial charge in [0, 0.05) is 6.20 Å². The quantitative estimate of drug-likeness (QED) is 0.799. The van der Waals surface area contributed by atoms with Crippen molar-refractivity contribution in [3.05, 3.63) is 39.4 Å². The molecular weight excluding hydrogens is 368 g/mol. The largest absolute Gasteiger partial charge is 0.477 e. The summed E-state index contributed by atoms with van der Waals surface area (Å²) in [4.78, 5) is 14.9. The molecule has 0 atom stereocenters.